The van der Waals surface area contributed by atoms with Crippen LogP contribution in [0.5, 0.6) is 0 Å². The Morgan fingerprint density at radius 2 is 0.681 bits per heavy atom. The molecule has 0 N–H and O–H groups in total. The van der Waals surface area contributed by atoms with Gasteiger partial charge in [0.2, 0.25) is 0 Å². The number of fused-ring (bicyclic) bond motifs is 13. The van der Waals surface area contributed by atoms with Crippen molar-refractivity contribution in [2.75, 3.05) is 0 Å². The molecule has 69 heavy (non-hydrogen) atoms. The summed E-state index contributed by atoms with van der Waals surface area (Å²) in [5.74, 6) is 0. The summed E-state index contributed by atoms with van der Waals surface area (Å²) in [5.41, 5.74) is 18.6. The summed E-state index contributed by atoms with van der Waals surface area (Å²) in [4.78, 5) is 0. The second-order valence-electron chi connectivity index (χ2n) is 18.5. The first-order valence-electron chi connectivity index (χ1n) is 23.8. The quantitative estimate of drug-likeness (QED) is 0.159. The maximum absolute atomic E-state index is 2.50. The molecule has 14 aromatic rings. The standard InChI is InChI=1S/C65H42N4/c1-5-17-45(18-6-1)65(46-19-7-2-8-20-46)55-41-49(68-57-27-15-13-25-53(57)61-59(68)35-29-43-37-39-66(63(43)61)47-21-9-3-10-22-47)31-33-51(55)52-34-32-50(42-56(52)65)69-58-28-16-14-26-54(58)62-60(69)36-30-44-38-40-67(64(44)62)48-23-11-4-12-24-48/h1-42H. The van der Waals surface area contributed by atoms with E-state index in [1.54, 1.807) is 0 Å². The van der Waals surface area contributed by atoms with Crippen LogP contribution >= 0.6 is 0 Å². The molecular weight excluding hydrogens is 837 g/mol. The molecule has 0 saturated carbocycles. The van der Waals surface area contributed by atoms with Crippen molar-refractivity contribution in [3.05, 3.63) is 277 Å². The predicted octanol–water partition coefficient (Wildman–Crippen LogP) is 16.1. The Kier molecular flexibility index (Phi) is 7.96. The molecule has 1 aliphatic carbocycles. The fraction of sp³-hybridized carbons (Fsp3) is 0.0154. The predicted molar refractivity (Wildman–Crippen MR) is 286 cm³/mol. The van der Waals surface area contributed by atoms with Crippen molar-refractivity contribution in [3.63, 3.8) is 0 Å². The second kappa shape index (κ2) is 14.4. The molecule has 0 unspecified atom stereocenters. The Morgan fingerprint density at radius 3 is 1.12 bits per heavy atom. The highest BCUT2D eigenvalue weighted by atomic mass is 15.0. The summed E-state index contributed by atoms with van der Waals surface area (Å²) in [6, 6.07) is 89.8. The lowest BCUT2D eigenvalue weighted by Gasteiger charge is -2.34. The van der Waals surface area contributed by atoms with Crippen LogP contribution in [0.3, 0.4) is 0 Å². The minimum atomic E-state index is -0.638. The van der Waals surface area contributed by atoms with E-state index in [9.17, 15) is 0 Å². The van der Waals surface area contributed by atoms with E-state index in [0.29, 0.717) is 0 Å². The van der Waals surface area contributed by atoms with Crippen LogP contribution in [-0.2, 0) is 5.41 Å². The van der Waals surface area contributed by atoms with E-state index in [0.717, 1.165) is 22.7 Å². The number of benzene rings is 10. The molecule has 0 radical (unpaired) electrons. The molecule has 322 valence electrons. The molecular formula is C65H42N4. The topological polar surface area (TPSA) is 19.7 Å². The van der Waals surface area contributed by atoms with E-state index in [1.165, 1.54) is 98.8 Å². The highest BCUT2D eigenvalue weighted by molar-refractivity contribution is 6.22. The molecule has 0 saturated heterocycles. The molecule has 0 spiro atoms. The van der Waals surface area contributed by atoms with Crippen molar-refractivity contribution in [1.82, 2.24) is 18.3 Å². The van der Waals surface area contributed by atoms with Gasteiger partial charge in [0.1, 0.15) is 0 Å². The lowest BCUT2D eigenvalue weighted by Crippen LogP contribution is -2.28. The van der Waals surface area contributed by atoms with E-state index in [-0.39, 0.29) is 0 Å². The van der Waals surface area contributed by atoms with Crippen LogP contribution in [0.4, 0.5) is 0 Å². The van der Waals surface area contributed by atoms with Gasteiger partial charge >= 0.3 is 0 Å². The summed E-state index contributed by atoms with van der Waals surface area (Å²) in [7, 11) is 0. The maximum atomic E-state index is 2.50. The zero-order chi connectivity index (χ0) is 45.2. The number of hydrogen-bond donors (Lipinski definition) is 0. The molecule has 10 aromatic carbocycles. The van der Waals surface area contributed by atoms with Gasteiger partial charge in [-0.25, -0.2) is 0 Å². The van der Waals surface area contributed by atoms with Crippen molar-refractivity contribution in [2.24, 2.45) is 0 Å². The van der Waals surface area contributed by atoms with Crippen LogP contribution in [0.1, 0.15) is 22.3 Å². The first kappa shape index (κ1) is 38.0. The van der Waals surface area contributed by atoms with Gasteiger partial charge in [-0.05, 0) is 118 Å². The summed E-state index contributed by atoms with van der Waals surface area (Å²) >= 11 is 0. The molecule has 0 bridgehead atoms. The Labute approximate surface area is 398 Å². The Morgan fingerprint density at radius 1 is 0.290 bits per heavy atom. The van der Waals surface area contributed by atoms with Crippen LogP contribution < -0.4 is 0 Å². The van der Waals surface area contributed by atoms with Gasteiger partial charge in [0.15, 0.2) is 0 Å². The van der Waals surface area contributed by atoms with E-state index in [1.807, 2.05) is 0 Å². The fourth-order valence-electron chi connectivity index (χ4n) is 12.3. The smallest absolute Gasteiger partial charge is 0.0715 e. The van der Waals surface area contributed by atoms with E-state index in [2.05, 4.69) is 273 Å². The zero-order valence-corrected chi connectivity index (χ0v) is 37.5. The number of aromatic nitrogens is 4. The largest absolute Gasteiger partial charge is 0.316 e. The minimum absolute atomic E-state index is 0.638. The van der Waals surface area contributed by atoms with Crippen LogP contribution in [0.15, 0.2) is 255 Å². The van der Waals surface area contributed by atoms with Crippen molar-refractivity contribution >= 4 is 65.4 Å². The minimum Gasteiger partial charge on any atom is -0.316 e. The lowest BCUT2D eigenvalue weighted by atomic mass is 9.67. The monoisotopic (exact) mass is 878 g/mol. The average molecular weight is 879 g/mol. The van der Waals surface area contributed by atoms with Gasteiger partial charge in [-0.2, -0.15) is 0 Å². The third-order valence-corrected chi connectivity index (χ3v) is 15.1. The van der Waals surface area contributed by atoms with Crippen molar-refractivity contribution < 1.29 is 0 Å². The summed E-state index contributed by atoms with van der Waals surface area (Å²) < 4.78 is 9.68. The molecule has 4 nitrogen and oxygen atoms in total. The van der Waals surface area contributed by atoms with Gasteiger partial charge in [-0.15, -0.1) is 0 Å². The average Bonchev–Trinajstić information content (AvgIpc) is 4.25. The normalized spacial score (nSPS) is 13.0. The molecule has 4 heteroatoms. The lowest BCUT2D eigenvalue weighted by molar-refractivity contribution is 0.766. The Hall–Kier alpha value is -9.12. The third-order valence-electron chi connectivity index (χ3n) is 15.1. The van der Waals surface area contributed by atoms with Crippen molar-refractivity contribution in [2.45, 2.75) is 5.41 Å². The Bertz CT molecular complexity index is 4060. The summed E-state index contributed by atoms with van der Waals surface area (Å²) in [6.45, 7) is 0. The van der Waals surface area contributed by atoms with Gasteiger partial charge in [0, 0.05) is 67.5 Å². The van der Waals surface area contributed by atoms with Crippen molar-refractivity contribution in [1.29, 1.82) is 0 Å². The van der Waals surface area contributed by atoms with E-state index < -0.39 is 5.41 Å². The van der Waals surface area contributed by atoms with Crippen LogP contribution in [0, 0.1) is 0 Å². The van der Waals surface area contributed by atoms with E-state index in [4.69, 9.17) is 0 Å². The summed E-state index contributed by atoms with van der Waals surface area (Å²) in [6.07, 6.45) is 4.42. The number of rotatable bonds is 6. The first-order chi connectivity index (χ1) is 34.3. The van der Waals surface area contributed by atoms with Gasteiger partial charge in [0.25, 0.3) is 0 Å². The zero-order valence-electron chi connectivity index (χ0n) is 37.5. The Balaban J connectivity index is 1.00. The van der Waals surface area contributed by atoms with Gasteiger partial charge in [-0.3, -0.25) is 0 Å². The van der Waals surface area contributed by atoms with E-state index >= 15 is 0 Å². The molecule has 4 heterocycles. The van der Waals surface area contributed by atoms with Crippen LogP contribution in [0.2, 0.25) is 0 Å². The SMILES string of the molecule is c1ccc(-n2ccc3ccc4c(c5ccccc5n4-c4ccc5c(c4)C(c4ccccc4)(c4ccccc4)c4cc(-n6c7ccccc7c7c8c(ccc76)ccn8-c6ccccc6)ccc4-5)c32)cc1. The fourth-order valence-corrected chi connectivity index (χ4v) is 12.3. The summed E-state index contributed by atoms with van der Waals surface area (Å²) in [5, 5.41) is 7.42. The van der Waals surface area contributed by atoms with Crippen molar-refractivity contribution in [3.8, 4) is 33.9 Å². The van der Waals surface area contributed by atoms with Gasteiger partial charge in [-0.1, -0.05) is 158 Å². The van der Waals surface area contributed by atoms with Gasteiger partial charge < -0.3 is 18.3 Å². The maximum Gasteiger partial charge on any atom is 0.0715 e. The number of para-hydroxylation sites is 4. The first-order valence-corrected chi connectivity index (χ1v) is 23.8. The van der Waals surface area contributed by atoms with Gasteiger partial charge in [0.05, 0.1) is 38.5 Å². The molecule has 4 aromatic heterocycles. The van der Waals surface area contributed by atoms with Crippen LogP contribution in [-0.4, -0.2) is 18.3 Å². The molecule has 0 fully saturated rings. The number of nitrogens with zero attached hydrogens (tertiary/aromatic N) is 4. The molecule has 15 rings (SSSR count). The molecule has 0 atom stereocenters. The highest BCUT2D eigenvalue weighted by Crippen LogP contribution is 2.57. The highest BCUT2D eigenvalue weighted by Gasteiger charge is 2.46. The second-order valence-corrected chi connectivity index (χ2v) is 18.5. The number of hydrogen-bond acceptors (Lipinski definition) is 0. The molecule has 0 aliphatic heterocycles. The third kappa shape index (κ3) is 5.23. The molecule has 1 aliphatic rings. The van der Waals surface area contributed by atoms with Crippen LogP contribution in [0.25, 0.3) is 99.3 Å². The molecule has 0 amide bonds.